The first-order chi connectivity index (χ1) is 18.8. The van der Waals surface area contributed by atoms with Gasteiger partial charge in [-0.05, 0) is 81.6 Å². The van der Waals surface area contributed by atoms with Crippen molar-refractivity contribution in [1.82, 2.24) is 10.2 Å². The second-order valence-corrected chi connectivity index (χ2v) is 12.6. The van der Waals surface area contributed by atoms with Gasteiger partial charge in [0.1, 0.15) is 12.6 Å². The first kappa shape index (κ1) is 31.5. The van der Waals surface area contributed by atoms with Crippen molar-refractivity contribution >= 4 is 50.7 Å². The molecule has 3 aromatic rings. The molecule has 10 heteroatoms. The highest BCUT2D eigenvalue weighted by Crippen LogP contribution is 2.31. The lowest BCUT2D eigenvalue weighted by molar-refractivity contribution is -0.139. The molecule has 0 aliphatic heterocycles. The smallest absolute Gasteiger partial charge is 0.264 e. The van der Waals surface area contributed by atoms with E-state index in [2.05, 4.69) is 5.32 Å². The van der Waals surface area contributed by atoms with Gasteiger partial charge in [0.15, 0.2) is 0 Å². The van der Waals surface area contributed by atoms with Crippen molar-refractivity contribution < 1.29 is 18.0 Å². The third kappa shape index (κ3) is 7.56. The van der Waals surface area contributed by atoms with Crippen molar-refractivity contribution in [2.75, 3.05) is 10.8 Å². The summed E-state index contributed by atoms with van der Waals surface area (Å²) in [5.41, 5.74) is 2.39. The van der Waals surface area contributed by atoms with Crippen LogP contribution in [-0.4, -0.2) is 43.8 Å². The number of aryl methyl sites for hydroxylation is 1. The van der Waals surface area contributed by atoms with E-state index in [-0.39, 0.29) is 29.1 Å². The van der Waals surface area contributed by atoms with Gasteiger partial charge in [-0.1, -0.05) is 66.0 Å². The van der Waals surface area contributed by atoms with Crippen LogP contribution >= 0.6 is 23.2 Å². The van der Waals surface area contributed by atoms with Crippen molar-refractivity contribution in [2.24, 2.45) is 0 Å². The molecule has 0 aliphatic rings. The van der Waals surface area contributed by atoms with Crippen molar-refractivity contribution in [3.05, 3.63) is 93.5 Å². The van der Waals surface area contributed by atoms with E-state index in [0.29, 0.717) is 21.2 Å². The molecule has 2 unspecified atom stereocenters. The SMILES string of the molecule is CCC(C)NC(=O)C(C)N(Cc1cccc(Cl)c1)C(=O)CN(c1cccc(Cl)c1C)S(=O)(=O)c1ccc(C)cc1. The van der Waals surface area contributed by atoms with Crippen molar-refractivity contribution in [3.63, 3.8) is 0 Å². The van der Waals surface area contributed by atoms with Crippen LogP contribution in [0.25, 0.3) is 0 Å². The molecule has 214 valence electrons. The van der Waals surface area contributed by atoms with Gasteiger partial charge in [0.25, 0.3) is 10.0 Å². The first-order valence-corrected chi connectivity index (χ1v) is 15.2. The number of hydrogen-bond acceptors (Lipinski definition) is 4. The molecule has 0 saturated carbocycles. The molecule has 7 nitrogen and oxygen atoms in total. The predicted molar refractivity (Wildman–Crippen MR) is 161 cm³/mol. The van der Waals surface area contributed by atoms with Crippen molar-refractivity contribution in [2.45, 2.75) is 64.6 Å². The molecule has 3 aromatic carbocycles. The summed E-state index contributed by atoms with van der Waals surface area (Å²) in [5, 5.41) is 3.77. The third-order valence-electron chi connectivity index (χ3n) is 6.81. The van der Waals surface area contributed by atoms with Gasteiger partial charge in [-0.15, -0.1) is 0 Å². The number of anilines is 1. The molecule has 2 atom stereocenters. The van der Waals surface area contributed by atoms with Gasteiger partial charge in [0, 0.05) is 22.6 Å². The topological polar surface area (TPSA) is 86.8 Å². The van der Waals surface area contributed by atoms with E-state index in [0.717, 1.165) is 16.3 Å². The molecule has 0 aromatic heterocycles. The maximum atomic E-state index is 14.0. The number of amides is 2. The van der Waals surface area contributed by atoms with Gasteiger partial charge in [-0.3, -0.25) is 13.9 Å². The number of carbonyl (C=O) groups excluding carboxylic acids is 2. The maximum Gasteiger partial charge on any atom is 0.264 e. The molecule has 0 bridgehead atoms. The summed E-state index contributed by atoms with van der Waals surface area (Å²) in [6, 6.07) is 17.3. The van der Waals surface area contributed by atoms with E-state index in [9.17, 15) is 18.0 Å². The molecule has 0 aliphatic carbocycles. The van der Waals surface area contributed by atoms with Gasteiger partial charge in [0.05, 0.1) is 10.6 Å². The number of sulfonamides is 1. The highest BCUT2D eigenvalue weighted by molar-refractivity contribution is 7.92. The van der Waals surface area contributed by atoms with Gasteiger partial charge in [-0.2, -0.15) is 0 Å². The van der Waals surface area contributed by atoms with Gasteiger partial charge in [-0.25, -0.2) is 8.42 Å². The van der Waals surface area contributed by atoms with Crippen LogP contribution in [0.1, 0.15) is 43.9 Å². The second-order valence-electron chi connectivity index (χ2n) is 9.85. The lowest BCUT2D eigenvalue weighted by Crippen LogP contribution is -2.52. The van der Waals surface area contributed by atoms with Crippen LogP contribution in [0, 0.1) is 13.8 Å². The van der Waals surface area contributed by atoms with Crippen LogP contribution in [0.15, 0.2) is 71.6 Å². The minimum Gasteiger partial charge on any atom is -0.352 e. The predicted octanol–water partition coefficient (Wildman–Crippen LogP) is 6.14. The molecular formula is C30H35Cl2N3O4S. The lowest BCUT2D eigenvalue weighted by atomic mass is 10.1. The number of benzene rings is 3. The fraction of sp³-hybridized carbons (Fsp3) is 0.333. The Kier molecular flexibility index (Phi) is 10.6. The van der Waals surface area contributed by atoms with E-state index in [4.69, 9.17) is 23.2 Å². The number of rotatable bonds is 11. The van der Waals surface area contributed by atoms with Gasteiger partial charge in [0.2, 0.25) is 11.8 Å². The molecule has 2 amide bonds. The molecule has 0 heterocycles. The minimum atomic E-state index is -4.18. The Morgan fingerprint density at radius 1 is 0.950 bits per heavy atom. The Labute approximate surface area is 247 Å². The fourth-order valence-electron chi connectivity index (χ4n) is 4.10. The zero-order valence-corrected chi connectivity index (χ0v) is 25.6. The number of hydrogen-bond donors (Lipinski definition) is 1. The highest BCUT2D eigenvalue weighted by atomic mass is 35.5. The largest absolute Gasteiger partial charge is 0.352 e. The van der Waals surface area contributed by atoms with Gasteiger partial charge >= 0.3 is 0 Å². The number of halogens is 2. The summed E-state index contributed by atoms with van der Waals surface area (Å²) in [7, 11) is -4.18. The molecule has 0 fully saturated rings. The summed E-state index contributed by atoms with van der Waals surface area (Å²) in [6.45, 7) is 8.53. The molecule has 40 heavy (non-hydrogen) atoms. The highest BCUT2D eigenvalue weighted by Gasteiger charge is 2.33. The van der Waals surface area contributed by atoms with Crippen molar-refractivity contribution in [1.29, 1.82) is 0 Å². The Hall–Kier alpha value is -3.07. The average Bonchev–Trinajstić information content (AvgIpc) is 2.91. The number of carbonyl (C=O) groups is 2. The third-order valence-corrected chi connectivity index (χ3v) is 9.22. The molecule has 0 radical (unpaired) electrons. The standard InChI is InChI=1S/C30H35Cl2N3O4S/c1-6-21(3)33-30(37)23(5)34(18-24-9-7-10-25(31)17-24)29(36)19-35(28-12-8-11-27(32)22(28)4)40(38,39)26-15-13-20(2)14-16-26/h7-17,21,23H,6,18-19H2,1-5H3,(H,33,37). The van der Waals surface area contributed by atoms with E-state index in [1.165, 1.54) is 17.0 Å². The zero-order chi connectivity index (χ0) is 29.6. The second kappa shape index (κ2) is 13.5. The van der Waals surface area contributed by atoms with Gasteiger partial charge < -0.3 is 10.2 Å². The lowest BCUT2D eigenvalue weighted by Gasteiger charge is -2.33. The molecule has 3 rings (SSSR count). The summed E-state index contributed by atoms with van der Waals surface area (Å²) in [6.07, 6.45) is 0.720. The Morgan fingerprint density at radius 3 is 2.23 bits per heavy atom. The Balaban J connectivity index is 2.07. The van der Waals surface area contributed by atoms with Crippen LogP contribution in [0.4, 0.5) is 5.69 Å². The normalized spacial score (nSPS) is 12.9. The van der Waals surface area contributed by atoms with Crippen LogP contribution in [0.2, 0.25) is 10.0 Å². The van der Waals surface area contributed by atoms with E-state index >= 15 is 0 Å². The van der Waals surface area contributed by atoms with Crippen LogP contribution in [-0.2, 0) is 26.2 Å². The number of nitrogens with one attached hydrogen (secondary N) is 1. The van der Waals surface area contributed by atoms with Crippen LogP contribution in [0.3, 0.4) is 0 Å². The number of nitrogens with zero attached hydrogens (tertiary/aromatic N) is 2. The molecule has 0 saturated heterocycles. The summed E-state index contributed by atoms with van der Waals surface area (Å²) in [5.74, 6) is -0.890. The average molecular weight is 605 g/mol. The zero-order valence-electron chi connectivity index (χ0n) is 23.3. The fourth-order valence-corrected chi connectivity index (χ4v) is 5.95. The maximum absolute atomic E-state index is 14.0. The summed E-state index contributed by atoms with van der Waals surface area (Å²) >= 11 is 12.6. The minimum absolute atomic E-state index is 0.0363. The monoisotopic (exact) mass is 603 g/mol. The summed E-state index contributed by atoms with van der Waals surface area (Å²) < 4.78 is 29.0. The Bertz CT molecular complexity index is 1460. The van der Waals surface area contributed by atoms with E-state index in [1.54, 1.807) is 68.4 Å². The van der Waals surface area contributed by atoms with E-state index < -0.39 is 28.5 Å². The Morgan fingerprint density at radius 2 is 1.60 bits per heavy atom. The van der Waals surface area contributed by atoms with Crippen molar-refractivity contribution in [3.8, 4) is 0 Å². The molecular weight excluding hydrogens is 569 g/mol. The molecule has 0 spiro atoms. The van der Waals surface area contributed by atoms with E-state index in [1.807, 2.05) is 20.8 Å². The first-order valence-electron chi connectivity index (χ1n) is 13.0. The summed E-state index contributed by atoms with van der Waals surface area (Å²) in [4.78, 5) is 28.6. The van der Waals surface area contributed by atoms with Crippen LogP contribution in [0.5, 0.6) is 0 Å². The van der Waals surface area contributed by atoms with Crippen LogP contribution < -0.4 is 9.62 Å². The quantitative estimate of drug-likeness (QED) is 0.285. The molecule has 1 N–H and O–H groups in total.